The number of esters is 1. The van der Waals surface area contributed by atoms with Crippen molar-refractivity contribution in [1.82, 2.24) is 48.9 Å². The Labute approximate surface area is 870 Å². The van der Waals surface area contributed by atoms with E-state index in [2.05, 4.69) is 105 Å². The van der Waals surface area contributed by atoms with Crippen LogP contribution in [0.2, 0.25) is 0 Å². The molecule has 2 atom stereocenters. The van der Waals surface area contributed by atoms with E-state index in [1.807, 2.05) is 144 Å². The number of aromatic nitrogens is 8. The molecule has 12 aromatic rings. The van der Waals surface area contributed by atoms with Crippen LogP contribution in [0.15, 0.2) is 225 Å². The minimum absolute atomic E-state index is 0.000876. The predicted octanol–water partition coefficient (Wildman–Crippen LogP) is 17.4. The number of halogens is 1. The van der Waals surface area contributed by atoms with Crippen LogP contribution in [0.1, 0.15) is 236 Å². The maximum absolute atomic E-state index is 16.0. The quantitative estimate of drug-likeness (QED) is 0.0197. The van der Waals surface area contributed by atoms with Crippen molar-refractivity contribution in [2.45, 2.75) is 246 Å². The second-order valence-corrected chi connectivity index (χ2v) is 41.2. The number of Topliss-reactive ketones (excluding diaryl/α,β-unsaturated/α-hetero) is 3. The number of phenols is 2. The zero-order valence-electron chi connectivity index (χ0n) is 84.3. The summed E-state index contributed by atoms with van der Waals surface area (Å²) in [4.78, 5) is 102. The number of alkyl halides is 1. The van der Waals surface area contributed by atoms with Gasteiger partial charge in [-0.05, 0) is 215 Å². The van der Waals surface area contributed by atoms with E-state index in [-0.39, 0.29) is 163 Å². The molecule has 150 heavy (non-hydrogen) atoms. The second kappa shape index (κ2) is 47.0. The monoisotopic (exact) mass is 2020 g/mol. The van der Waals surface area contributed by atoms with Crippen LogP contribution in [0.25, 0.3) is 44.5 Å². The highest BCUT2D eigenvalue weighted by Gasteiger charge is 2.49. The Morgan fingerprint density at radius 1 is 0.373 bits per heavy atom. The summed E-state index contributed by atoms with van der Waals surface area (Å²) in [5.41, 5.74) is 32.7. The topological polar surface area (TPSA) is 482 Å². The number of nitriles is 4. The fourth-order valence-corrected chi connectivity index (χ4v) is 21.0. The first-order valence-corrected chi connectivity index (χ1v) is 51.9. The molecule has 2 aliphatic heterocycles. The number of aryl methyl sites for hydroxylation is 1. The molecule has 6 aliphatic carbocycles. The molecule has 8 aromatic carbocycles. The SMILES string of the molecule is CCc1ccc(-c2ccc(CN3CCC(CC#N)(n4cc(C(N)=O)c(CC(=O)C5CC5)n4)C(F)C3)cc2O)cc1.N#CCC1(n2cc(C(N)=O)c(CC(=O)C3CC3)n2)CCC(Oc2ccc(-c3ccccc3)cc2)CC1.N#CCC1(n2cc(C(N)=O)c(CC(=O)C3CC3)n2)CCC(Oc2ccc(-c3ccccc3)cc2)CC1.N#CCC1(n2cc(C(N)=O)c(CC(=O)OC3CC3)n2)CCN(Cc2ccc(-c3ccccc3)c(O)c2)CC1. The Balaban J connectivity index is 0.000000136. The van der Waals surface area contributed by atoms with Crippen molar-refractivity contribution >= 4 is 46.9 Å². The maximum atomic E-state index is 16.0. The molecule has 0 spiro atoms. The lowest BCUT2D eigenvalue weighted by Crippen LogP contribution is -2.54. The van der Waals surface area contributed by atoms with Gasteiger partial charge < -0.3 is 47.4 Å². The number of hydrogen-bond donors (Lipinski definition) is 6. The third kappa shape index (κ3) is 25.5. The molecule has 0 radical (unpaired) electrons. The van der Waals surface area contributed by atoms with E-state index in [1.54, 1.807) is 44.8 Å². The van der Waals surface area contributed by atoms with Gasteiger partial charge in [0.05, 0.1) is 149 Å². The van der Waals surface area contributed by atoms with Gasteiger partial charge in [-0.25, -0.2) is 4.39 Å². The molecular weight excluding hydrogens is 1900 g/mol. The average Bonchev–Trinajstić information content (AvgIpc) is 1.59. The van der Waals surface area contributed by atoms with Crippen LogP contribution in [0, 0.1) is 63.1 Å². The smallest absolute Gasteiger partial charge is 0.312 e. The van der Waals surface area contributed by atoms with Gasteiger partial charge in [0.15, 0.2) is 0 Å². The molecule has 0 bridgehead atoms. The zero-order chi connectivity index (χ0) is 105. The van der Waals surface area contributed by atoms with Crippen LogP contribution in [-0.4, -0.2) is 157 Å². The van der Waals surface area contributed by atoms with E-state index in [0.717, 1.165) is 151 Å². The van der Waals surface area contributed by atoms with Gasteiger partial charge in [0.2, 0.25) is 0 Å². The van der Waals surface area contributed by atoms with E-state index in [0.29, 0.717) is 82.6 Å². The number of rotatable bonds is 37. The van der Waals surface area contributed by atoms with Crippen molar-refractivity contribution in [2.24, 2.45) is 40.7 Å². The number of aromatic hydroxyl groups is 2. The van der Waals surface area contributed by atoms with Gasteiger partial charge in [-0.3, -0.25) is 66.9 Å². The van der Waals surface area contributed by atoms with Crippen molar-refractivity contribution < 1.29 is 67.2 Å². The van der Waals surface area contributed by atoms with Crippen LogP contribution >= 0.6 is 0 Å². The summed E-state index contributed by atoms with van der Waals surface area (Å²) in [5.74, 6) is -0.582. The number of phenolic OH excluding ortho intramolecular Hbond substituents is 2. The van der Waals surface area contributed by atoms with E-state index in [4.69, 9.17) is 37.1 Å². The fraction of sp³-hybridized carbons (Fsp3) is 0.390. The highest BCUT2D eigenvalue weighted by Crippen LogP contribution is 2.46. The van der Waals surface area contributed by atoms with Crippen molar-refractivity contribution in [2.75, 3.05) is 26.2 Å². The van der Waals surface area contributed by atoms with Gasteiger partial charge in [0.25, 0.3) is 23.6 Å². The molecule has 20 rings (SSSR count). The Bertz CT molecular complexity index is 6850. The summed E-state index contributed by atoms with van der Waals surface area (Å²) >= 11 is 0. The van der Waals surface area contributed by atoms with Gasteiger partial charge >= 0.3 is 5.97 Å². The number of ketones is 3. The van der Waals surface area contributed by atoms with Crippen LogP contribution in [0.4, 0.5) is 4.39 Å². The van der Waals surface area contributed by atoms with Crippen LogP contribution in [-0.2, 0) is 91.3 Å². The van der Waals surface area contributed by atoms with Gasteiger partial charge in [0.1, 0.15) is 58.2 Å². The molecule has 2 saturated heterocycles. The van der Waals surface area contributed by atoms with E-state index in [1.165, 1.54) is 16.4 Å². The lowest BCUT2D eigenvalue weighted by Gasteiger charge is -2.43. The van der Waals surface area contributed by atoms with Crippen LogP contribution in [0.5, 0.6) is 23.0 Å². The van der Waals surface area contributed by atoms with Gasteiger partial charge in [-0.1, -0.05) is 171 Å². The third-order valence-electron chi connectivity index (χ3n) is 30.6. The molecule has 6 saturated carbocycles. The molecule has 8 aliphatic rings. The van der Waals surface area contributed by atoms with Crippen molar-refractivity contribution in [3.05, 3.63) is 287 Å². The summed E-state index contributed by atoms with van der Waals surface area (Å²) in [6.07, 6.45) is 20.8. The Kier molecular flexibility index (Phi) is 33.0. The Morgan fingerprint density at radius 2 is 0.700 bits per heavy atom. The summed E-state index contributed by atoms with van der Waals surface area (Å²) in [7, 11) is 0. The number of amides is 4. The van der Waals surface area contributed by atoms with Crippen molar-refractivity contribution in [3.63, 3.8) is 0 Å². The van der Waals surface area contributed by atoms with E-state index in [9.17, 15) is 69.6 Å². The average molecular weight is 2020 g/mol. The second-order valence-electron chi connectivity index (χ2n) is 41.2. The zero-order valence-corrected chi connectivity index (χ0v) is 84.3. The molecule has 4 aromatic heterocycles. The molecule has 6 heterocycles. The number of hydrogen-bond acceptors (Lipinski definition) is 23. The predicted molar refractivity (Wildman–Crippen MR) is 558 cm³/mol. The van der Waals surface area contributed by atoms with Crippen molar-refractivity contribution in [3.8, 4) is 91.8 Å². The number of likely N-dealkylation sites (tertiary alicyclic amines) is 2. The molecule has 32 heteroatoms. The van der Waals surface area contributed by atoms with Crippen LogP contribution < -0.4 is 32.4 Å². The number of carbonyl (C=O) groups is 8. The first kappa shape index (κ1) is 105. The first-order chi connectivity index (χ1) is 72.5. The van der Waals surface area contributed by atoms with E-state index < -0.39 is 57.9 Å². The number of piperidine rings is 2. The van der Waals surface area contributed by atoms with Gasteiger partial charge in [-0.2, -0.15) is 41.4 Å². The summed E-state index contributed by atoms with van der Waals surface area (Å²) < 4.78 is 40.4. The molecule has 10 N–H and O–H groups in total. The highest BCUT2D eigenvalue weighted by molar-refractivity contribution is 5.98. The first-order valence-electron chi connectivity index (χ1n) is 51.9. The minimum Gasteiger partial charge on any atom is -0.507 e. The van der Waals surface area contributed by atoms with Gasteiger partial charge in [0, 0.05) is 92.9 Å². The van der Waals surface area contributed by atoms with Gasteiger partial charge in [-0.15, -0.1) is 0 Å². The minimum atomic E-state index is -1.46. The Hall–Kier alpha value is -16.0. The standard InChI is InChI=1S/C31H34FN5O3.C29H31N5O4.2C29H30N4O3/c1-2-20-3-6-22(7-4-20)24-10-5-21(15-28(24)39)17-36-14-12-31(11-13-33,29(32)19-36)37-18-25(30(34)40)26(35-37)16-27(38)23-8-9-23;30-13-10-29(34-19-24(28(31)37)25(32-34)17-27(36)38-22-7-8-22)11-14-33(15-12-29)18-20-6-9-23(26(35)16-20)21-4-2-1-3-5-21;2*30-17-16-29(33-19-25(28(31)35)26(32-33)18-27(34)22-6-7-22)14-12-24(13-15-29)36-23-10-8-21(9-11-23)20-4-2-1-3-5-20/h3-7,10,15,18,23,29,39H,2,8-9,11-12,14,16-17,19H2,1H3,(H2,34,40);1-6,9,16,19,22,35H,7-8,10-12,14-15,17-18H2,(H2,31,37);2*1-5,8-11,19,22,24H,6-7,12-16,18H2,(H2,31,35). The largest absolute Gasteiger partial charge is 0.507 e. The lowest BCUT2D eigenvalue weighted by atomic mass is 9.78. The van der Waals surface area contributed by atoms with Crippen molar-refractivity contribution in [1.29, 1.82) is 21.0 Å². The summed E-state index contributed by atoms with van der Waals surface area (Å²) in [6, 6.07) is 74.8. The molecule has 8 fully saturated rings. The summed E-state index contributed by atoms with van der Waals surface area (Å²) in [6.45, 7) is 5.11. The summed E-state index contributed by atoms with van der Waals surface area (Å²) in [5, 5.41) is 78.2. The number of primary amides is 4. The maximum Gasteiger partial charge on any atom is 0.312 e. The van der Waals surface area contributed by atoms with E-state index >= 15 is 4.39 Å². The number of carbonyl (C=O) groups excluding carboxylic acids is 8. The molecule has 772 valence electrons. The van der Waals surface area contributed by atoms with Crippen LogP contribution in [0.3, 0.4) is 0 Å². The molecule has 31 nitrogen and oxygen atoms in total. The number of benzene rings is 8. The number of ether oxygens (including phenoxy) is 3. The molecule has 2 unspecified atom stereocenters. The number of nitrogens with two attached hydrogens (primary N) is 4. The number of nitrogens with zero attached hydrogens (tertiary/aromatic N) is 14. The Morgan fingerprint density at radius 3 is 1.05 bits per heavy atom. The normalized spacial score (nSPS) is 20.3. The highest BCUT2D eigenvalue weighted by atomic mass is 19.1. The molecule has 4 amide bonds. The fourth-order valence-electron chi connectivity index (χ4n) is 21.0. The molecular formula is C118H125FN18O13. The lowest BCUT2D eigenvalue weighted by molar-refractivity contribution is -0.144. The third-order valence-corrected chi connectivity index (χ3v) is 30.6.